The molecule has 1 aliphatic heterocycles. The molecule has 3 rings (SSSR count). The van der Waals surface area contributed by atoms with Crippen molar-refractivity contribution in [2.45, 2.75) is 13.1 Å². The van der Waals surface area contributed by atoms with Crippen LogP contribution in [0, 0.1) is 5.82 Å². The Labute approximate surface area is 153 Å². The highest BCUT2D eigenvalue weighted by Crippen LogP contribution is 2.13. The first-order valence-electron chi connectivity index (χ1n) is 8.75. The van der Waals surface area contributed by atoms with E-state index in [1.807, 2.05) is 12.1 Å². The minimum Gasteiger partial charge on any atom is -0.354 e. The Hall–Kier alpha value is -2.67. The zero-order valence-electron chi connectivity index (χ0n) is 14.9. The summed E-state index contributed by atoms with van der Waals surface area (Å²) < 4.78 is 12.8. The number of carbonyl (C=O) groups is 1. The normalized spacial score (nSPS) is 14.9. The number of carbonyl (C=O) groups excluding carboxylic acids is 1. The Morgan fingerprint density at radius 3 is 2.23 bits per heavy atom. The van der Waals surface area contributed by atoms with E-state index in [1.54, 1.807) is 18.3 Å². The number of nitrogens with one attached hydrogen (secondary N) is 2. The summed E-state index contributed by atoms with van der Waals surface area (Å²) in [6.45, 7) is 4.80. The van der Waals surface area contributed by atoms with Gasteiger partial charge in [0, 0.05) is 45.5 Å². The molecule has 0 saturated carbocycles. The third-order valence-corrected chi connectivity index (χ3v) is 4.46. The van der Waals surface area contributed by atoms with Crippen molar-refractivity contribution < 1.29 is 9.18 Å². The minimum atomic E-state index is -0.286. The Kier molecular flexibility index (Phi) is 6.01. The van der Waals surface area contributed by atoms with Gasteiger partial charge in [-0.25, -0.2) is 14.2 Å². The van der Waals surface area contributed by atoms with Gasteiger partial charge >= 0.3 is 6.03 Å². The van der Waals surface area contributed by atoms with Crippen molar-refractivity contribution in [1.82, 2.24) is 20.5 Å². The summed E-state index contributed by atoms with van der Waals surface area (Å²) in [5, 5.41) is 5.55. The highest BCUT2D eigenvalue weighted by Gasteiger charge is 2.14. The first-order chi connectivity index (χ1) is 12.6. The van der Waals surface area contributed by atoms with E-state index in [-0.39, 0.29) is 11.8 Å². The van der Waals surface area contributed by atoms with Gasteiger partial charge < -0.3 is 20.4 Å². The molecule has 1 aromatic carbocycles. The zero-order chi connectivity index (χ0) is 18.4. The molecule has 0 spiro atoms. The molecule has 138 valence electrons. The standard InChI is InChI=1S/C19H24FN5O/c1-24-8-10-25(11-9-24)18-7-4-16(13-21-18)14-23-19(26)22-12-15-2-5-17(20)6-3-15/h2-7,13H,8-12,14H2,1H3,(H2,22,23,26). The van der Waals surface area contributed by atoms with E-state index in [0.717, 1.165) is 43.1 Å². The molecule has 0 radical (unpaired) electrons. The van der Waals surface area contributed by atoms with Crippen molar-refractivity contribution in [3.63, 3.8) is 0 Å². The SMILES string of the molecule is CN1CCN(c2ccc(CNC(=O)NCc3ccc(F)cc3)cn2)CC1. The largest absolute Gasteiger partial charge is 0.354 e. The number of rotatable bonds is 5. The number of hydrogen-bond donors (Lipinski definition) is 2. The zero-order valence-corrected chi connectivity index (χ0v) is 14.9. The van der Waals surface area contributed by atoms with Gasteiger partial charge in [-0.05, 0) is 36.4 Å². The molecule has 6 nitrogen and oxygen atoms in total. The summed E-state index contributed by atoms with van der Waals surface area (Å²) in [5.74, 6) is 0.688. The third-order valence-electron chi connectivity index (χ3n) is 4.46. The molecule has 7 heteroatoms. The molecular weight excluding hydrogens is 333 g/mol. The van der Waals surface area contributed by atoms with Crippen LogP contribution in [0.4, 0.5) is 15.0 Å². The molecule has 26 heavy (non-hydrogen) atoms. The summed E-state index contributed by atoms with van der Waals surface area (Å²) in [4.78, 5) is 21.0. The smallest absolute Gasteiger partial charge is 0.315 e. The quantitative estimate of drug-likeness (QED) is 0.859. The van der Waals surface area contributed by atoms with Crippen LogP contribution >= 0.6 is 0 Å². The van der Waals surface area contributed by atoms with Crippen LogP contribution in [0.25, 0.3) is 0 Å². The van der Waals surface area contributed by atoms with Crippen molar-refractivity contribution in [1.29, 1.82) is 0 Å². The fraction of sp³-hybridized carbons (Fsp3) is 0.368. The maximum Gasteiger partial charge on any atom is 0.315 e. The number of aromatic nitrogens is 1. The van der Waals surface area contributed by atoms with Crippen molar-refractivity contribution >= 4 is 11.8 Å². The minimum absolute atomic E-state index is 0.266. The number of piperazine rings is 1. The van der Waals surface area contributed by atoms with Crippen molar-refractivity contribution in [3.8, 4) is 0 Å². The summed E-state index contributed by atoms with van der Waals surface area (Å²) in [5.41, 5.74) is 1.79. The fourth-order valence-electron chi connectivity index (χ4n) is 2.77. The van der Waals surface area contributed by atoms with Gasteiger partial charge in [0.1, 0.15) is 11.6 Å². The molecule has 1 fully saturated rings. The fourth-order valence-corrected chi connectivity index (χ4v) is 2.77. The van der Waals surface area contributed by atoms with E-state index >= 15 is 0 Å². The molecule has 1 aromatic heterocycles. The first kappa shape index (κ1) is 18.1. The van der Waals surface area contributed by atoms with Gasteiger partial charge in [0.2, 0.25) is 0 Å². The monoisotopic (exact) mass is 357 g/mol. The predicted molar refractivity (Wildman–Crippen MR) is 99.4 cm³/mol. The van der Waals surface area contributed by atoms with E-state index in [9.17, 15) is 9.18 Å². The number of amides is 2. The molecular formula is C19H24FN5O. The molecule has 2 N–H and O–H groups in total. The molecule has 0 bridgehead atoms. The second kappa shape index (κ2) is 8.62. The number of nitrogens with zero attached hydrogens (tertiary/aromatic N) is 3. The van der Waals surface area contributed by atoms with Crippen LogP contribution in [0.15, 0.2) is 42.6 Å². The van der Waals surface area contributed by atoms with Crippen LogP contribution in [0.5, 0.6) is 0 Å². The highest BCUT2D eigenvalue weighted by molar-refractivity contribution is 5.73. The second-order valence-corrected chi connectivity index (χ2v) is 6.48. The molecule has 0 unspecified atom stereocenters. The van der Waals surface area contributed by atoms with Crippen LogP contribution in [0.2, 0.25) is 0 Å². The Balaban J connectivity index is 1.42. The van der Waals surface area contributed by atoms with Crippen molar-refractivity contribution in [3.05, 3.63) is 59.5 Å². The van der Waals surface area contributed by atoms with Crippen LogP contribution in [-0.2, 0) is 13.1 Å². The number of anilines is 1. The van der Waals surface area contributed by atoms with E-state index < -0.39 is 0 Å². The van der Waals surface area contributed by atoms with Crippen LogP contribution < -0.4 is 15.5 Å². The van der Waals surface area contributed by atoms with Crippen molar-refractivity contribution in [2.24, 2.45) is 0 Å². The molecule has 1 aliphatic rings. The maximum atomic E-state index is 12.8. The molecule has 2 aromatic rings. The lowest BCUT2D eigenvalue weighted by Crippen LogP contribution is -2.44. The number of urea groups is 1. The number of benzene rings is 1. The molecule has 1 saturated heterocycles. The third kappa shape index (κ3) is 5.16. The topological polar surface area (TPSA) is 60.5 Å². The summed E-state index contributed by atoms with van der Waals surface area (Å²) in [7, 11) is 2.13. The van der Waals surface area contributed by atoms with Crippen LogP contribution in [-0.4, -0.2) is 49.1 Å². The van der Waals surface area contributed by atoms with E-state index in [0.29, 0.717) is 13.1 Å². The second-order valence-electron chi connectivity index (χ2n) is 6.48. The first-order valence-corrected chi connectivity index (χ1v) is 8.75. The molecule has 0 aliphatic carbocycles. The van der Waals surface area contributed by atoms with Crippen LogP contribution in [0.3, 0.4) is 0 Å². The van der Waals surface area contributed by atoms with E-state index in [1.165, 1.54) is 12.1 Å². The summed E-state index contributed by atoms with van der Waals surface area (Å²) >= 11 is 0. The highest BCUT2D eigenvalue weighted by atomic mass is 19.1. The Morgan fingerprint density at radius 1 is 1.00 bits per heavy atom. The van der Waals surface area contributed by atoms with Crippen LogP contribution in [0.1, 0.15) is 11.1 Å². The lowest BCUT2D eigenvalue weighted by atomic mass is 10.2. The maximum absolute atomic E-state index is 12.8. The van der Waals surface area contributed by atoms with Crippen molar-refractivity contribution in [2.75, 3.05) is 38.1 Å². The lowest BCUT2D eigenvalue weighted by molar-refractivity contribution is 0.240. The van der Waals surface area contributed by atoms with Gasteiger partial charge in [-0.3, -0.25) is 0 Å². The average Bonchev–Trinajstić information content (AvgIpc) is 2.67. The molecule has 2 heterocycles. The van der Waals surface area contributed by atoms with E-state index in [2.05, 4.69) is 32.5 Å². The molecule has 2 amide bonds. The Bertz CT molecular complexity index is 712. The van der Waals surface area contributed by atoms with Gasteiger partial charge in [-0.1, -0.05) is 18.2 Å². The van der Waals surface area contributed by atoms with Gasteiger partial charge in [0.25, 0.3) is 0 Å². The van der Waals surface area contributed by atoms with Gasteiger partial charge in [-0.15, -0.1) is 0 Å². The Morgan fingerprint density at radius 2 is 1.62 bits per heavy atom. The number of halogens is 1. The predicted octanol–water partition coefficient (Wildman–Crippen LogP) is 1.97. The summed E-state index contributed by atoms with van der Waals surface area (Å²) in [6.07, 6.45) is 1.80. The average molecular weight is 357 g/mol. The van der Waals surface area contributed by atoms with Gasteiger partial charge in [0.05, 0.1) is 0 Å². The van der Waals surface area contributed by atoms with Gasteiger partial charge in [0.15, 0.2) is 0 Å². The molecule has 0 atom stereocenters. The van der Waals surface area contributed by atoms with E-state index in [4.69, 9.17) is 0 Å². The number of pyridine rings is 1. The summed E-state index contributed by atoms with van der Waals surface area (Å²) in [6, 6.07) is 9.77. The number of hydrogen-bond acceptors (Lipinski definition) is 4. The lowest BCUT2D eigenvalue weighted by Gasteiger charge is -2.33. The van der Waals surface area contributed by atoms with Gasteiger partial charge in [-0.2, -0.15) is 0 Å². The number of likely N-dealkylation sites (N-methyl/N-ethyl adjacent to an activating group) is 1.